The van der Waals surface area contributed by atoms with E-state index in [0.717, 1.165) is 0 Å². The molecule has 1 aromatic carbocycles. The SMILES string of the molecule is COCOC(c1ccc(C(OCOC)(C(F)(F)F)C(F)(F)F)cc1)(C(F)(F)F)C(F)(F)F. The summed E-state index contributed by atoms with van der Waals surface area (Å²) >= 11 is 0. The zero-order valence-corrected chi connectivity index (χ0v) is 15.9. The van der Waals surface area contributed by atoms with E-state index >= 15 is 0 Å². The van der Waals surface area contributed by atoms with E-state index < -0.39 is 60.6 Å². The molecule has 0 aromatic heterocycles. The third-order valence-electron chi connectivity index (χ3n) is 4.08. The maximum atomic E-state index is 13.5. The Morgan fingerprint density at radius 1 is 0.500 bits per heavy atom. The van der Waals surface area contributed by atoms with Crippen LogP contribution in [-0.2, 0) is 30.1 Å². The average Bonchev–Trinajstić information content (AvgIpc) is 2.59. The predicted octanol–water partition coefficient (Wildman–Crippen LogP) is 5.57. The van der Waals surface area contributed by atoms with E-state index in [2.05, 4.69) is 18.9 Å². The van der Waals surface area contributed by atoms with Gasteiger partial charge in [-0.3, -0.25) is 0 Å². The van der Waals surface area contributed by atoms with Crippen LogP contribution in [0, 0.1) is 0 Å². The maximum absolute atomic E-state index is 13.5. The van der Waals surface area contributed by atoms with Crippen LogP contribution in [0.5, 0.6) is 0 Å². The van der Waals surface area contributed by atoms with Gasteiger partial charge in [-0.05, 0) is 0 Å². The van der Waals surface area contributed by atoms with Crippen LogP contribution in [0.25, 0.3) is 0 Å². The summed E-state index contributed by atoms with van der Waals surface area (Å²) in [5.74, 6) is 0. The Morgan fingerprint density at radius 3 is 0.875 bits per heavy atom. The first-order chi connectivity index (χ1) is 14.3. The molecule has 0 radical (unpaired) electrons. The highest BCUT2D eigenvalue weighted by atomic mass is 19.4. The molecule has 0 saturated carbocycles. The van der Waals surface area contributed by atoms with Crippen LogP contribution < -0.4 is 0 Å². The summed E-state index contributed by atoms with van der Waals surface area (Å²) in [5, 5.41) is 0. The Kier molecular flexibility index (Phi) is 8.15. The van der Waals surface area contributed by atoms with Gasteiger partial charge in [-0.25, -0.2) is 0 Å². The molecule has 0 fully saturated rings. The van der Waals surface area contributed by atoms with Gasteiger partial charge in [-0.1, -0.05) is 24.3 Å². The van der Waals surface area contributed by atoms with Gasteiger partial charge in [0.2, 0.25) is 0 Å². The Morgan fingerprint density at radius 2 is 0.719 bits per heavy atom. The number of rotatable bonds is 8. The average molecular weight is 498 g/mol. The highest BCUT2D eigenvalue weighted by Gasteiger charge is 2.75. The lowest BCUT2D eigenvalue weighted by atomic mass is 9.86. The Bertz CT molecular complexity index is 643. The number of hydrogen-bond donors (Lipinski definition) is 0. The van der Waals surface area contributed by atoms with Gasteiger partial charge < -0.3 is 18.9 Å². The molecule has 1 aromatic rings. The van der Waals surface area contributed by atoms with Crippen molar-refractivity contribution < 1.29 is 71.6 Å². The summed E-state index contributed by atoms with van der Waals surface area (Å²) < 4.78 is 177. The first-order valence-electron chi connectivity index (χ1n) is 7.97. The summed E-state index contributed by atoms with van der Waals surface area (Å²) in [6, 6.07) is -0.911. The first-order valence-corrected chi connectivity index (χ1v) is 7.97. The van der Waals surface area contributed by atoms with E-state index in [0.29, 0.717) is 14.2 Å². The molecule has 0 bridgehead atoms. The monoisotopic (exact) mass is 498 g/mol. The standard InChI is InChI=1S/C16H14F12O4/c1-29-7-31-11(13(17,18)19,14(20,21)22)9-3-5-10(6-4-9)12(15(23,24)25,16(26,27)28)32-8-30-2/h3-6H,7-8H2,1-2H3. The Hall–Kier alpha value is -1.78. The number of hydrogen-bond acceptors (Lipinski definition) is 4. The van der Waals surface area contributed by atoms with E-state index in [1.807, 2.05) is 0 Å². The minimum atomic E-state index is -6.23. The molecule has 0 atom stereocenters. The maximum Gasteiger partial charge on any atom is 0.430 e. The summed E-state index contributed by atoms with van der Waals surface area (Å²) in [5.41, 5.74) is -13.9. The van der Waals surface area contributed by atoms with Crippen molar-refractivity contribution in [3.05, 3.63) is 35.4 Å². The van der Waals surface area contributed by atoms with Crippen molar-refractivity contribution in [3.63, 3.8) is 0 Å². The number of benzene rings is 1. The molecule has 0 saturated heterocycles. The Labute approximate surface area is 172 Å². The number of alkyl halides is 12. The fourth-order valence-corrected chi connectivity index (χ4v) is 2.70. The Balaban J connectivity index is 3.81. The molecule has 0 amide bonds. The lowest BCUT2D eigenvalue weighted by Crippen LogP contribution is -2.57. The van der Waals surface area contributed by atoms with Crippen molar-refractivity contribution in [1.82, 2.24) is 0 Å². The minimum absolute atomic E-state index is 0.228. The van der Waals surface area contributed by atoms with Crippen molar-refractivity contribution >= 4 is 0 Å². The molecule has 186 valence electrons. The molecule has 0 aliphatic carbocycles. The molecular weight excluding hydrogens is 484 g/mol. The summed E-state index contributed by atoms with van der Waals surface area (Å²) in [6.07, 6.45) is -24.9. The third-order valence-corrected chi connectivity index (χ3v) is 4.08. The smallest absolute Gasteiger partial charge is 0.359 e. The van der Waals surface area contributed by atoms with Gasteiger partial charge in [0, 0.05) is 25.3 Å². The lowest BCUT2D eigenvalue weighted by Gasteiger charge is -2.39. The zero-order valence-electron chi connectivity index (χ0n) is 15.9. The highest BCUT2D eigenvalue weighted by Crippen LogP contribution is 2.55. The van der Waals surface area contributed by atoms with E-state index in [9.17, 15) is 52.7 Å². The van der Waals surface area contributed by atoms with Gasteiger partial charge in [0.15, 0.2) is 0 Å². The fourth-order valence-electron chi connectivity index (χ4n) is 2.70. The highest BCUT2D eigenvalue weighted by molar-refractivity contribution is 5.35. The van der Waals surface area contributed by atoms with Gasteiger partial charge in [0.25, 0.3) is 11.2 Å². The molecule has 0 aliphatic heterocycles. The molecule has 32 heavy (non-hydrogen) atoms. The normalized spacial score (nSPS) is 14.7. The van der Waals surface area contributed by atoms with Crippen LogP contribution in [0.4, 0.5) is 52.7 Å². The number of methoxy groups -OCH3 is 2. The van der Waals surface area contributed by atoms with Gasteiger partial charge in [0.1, 0.15) is 13.6 Å². The summed E-state index contributed by atoms with van der Waals surface area (Å²) in [6.45, 7) is -3.13. The van der Waals surface area contributed by atoms with E-state index in [4.69, 9.17) is 0 Å². The van der Waals surface area contributed by atoms with Crippen molar-refractivity contribution in [1.29, 1.82) is 0 Å². The third kappa shape index (κ3) is 4.77. The number of ether oxygens (including phenoxy) is 4. The van der Waals surface area contributed by atoms with Crippen molar-refractivity contribution in [2.45, 2.75) is 35.9 Å². The van der Waals surface area contributed by atoms with Crippen molar-refractivity contribution in [2.75, 3.05) is 27.8 Å². The van der Waals surface area contributed by atoms with Crippen LogP contribution in [0.1, 0.15) is 11.1 Å². The quantitative estimate of drug-likeness (QED) is 0.347. The van der Waals surface area contributed by atoms with Crippen molar-refractivity contribution in [2.24, 2.45) is 0 Å². The molecule has 1 rings (SSSR count). The van der Waals surface area contributed by atoms with E-state index in [1.165, 1.54) is 0 Å². The predicted molar refractivity (Wildman–Crippen MR) is 79.9 cm³/mol. The van der Waals surface area contributed by atoms with Crippen LogP contribution in [0.15, 0.2) is 24.3 Å². The van der Waals surface area contributed by atoms with Crippen molar-refractivity contribution in [3.8, 4) is 0 Å². The minimum Gasteiger partial charge on any atom is -0.359 e. The second kappa shape index (κ2) is 9.23. The van der Waals surface area contributed by atoms with Gasteiger partial charge in [-0.15, -0.1) is 0 Å². The van der Waals surface area contributed by atoms with Crippen LogP contribution in [0.2, 0.25) is 0 Å². The van der Waals surface area contributed by atoms with Gasteiger partial charge in [-0.2, -0.15) is 52.7 Å². The van der Waals surface area contributed by atoms with Gasteiger partial charge >= 0.3 is 24.7 Å². The van der Waals surface area contributed by atoms with Crippen LogP contribution in [-0.4, -0.2) is 52.5 Å². The molecule has 16 heteroatoms. The molecule has 0 spiro atoms. The second-order valence-corrected chi connectivity index (χ2v) is 6.03. The second-order valence-electron chi connectivity index (χ2n) is 6.03. The molecule has 0 aliphatic rings. The summed E-state index contributed by atoms with van der Waals surface area (Å²) in [4.78, 5) is 0. The molecule has 0 heterocycles. The largest absolute Gasteiger partial charge is 0.430 e. The molecular formula is C16H14F12O4. The molecule has 0 N–H and O–H groups in total. The zero-order chi connectivity index (χ0) is 25.2. The summed E-state index contributed by atoms with van der Waals surface area (Å²) in [7, 11) is 1.38. The molecule has 4 nitrogen and oxygen atoms in total. The fraction of sp³-hybridized carbons (Fsp3) is 0.625. The number of halogens is 12. The van der Waals surface area contributed by atoms with E-state index in [-0.39, 0.29) is 24.3 Å². The molecule has 0 unspecified atom stereocenters. The first kappa shape index (κ1) is 28.3. The van der Waals surface area contributed by atoms with E-state index in [1.54, 1.807) is 0 Å². The van der Waals surface area contributed by atoms with Crippen LogP contribution in [0.3, 0.4) is 0 Å². The topological polar surface area (TPSA) is 36.9 Å². The lowest BCUT2D eigenvalue weighted by molar-refractivity contribution is -0.402. The van der Waals surface area contributed by atoms with Crippen LogP contribution >= 0.6 is 0 Å². The van der Waals surface area contributed by atoms with Gasteiger partial charge in [0.05, 0.1) is 0 Å².